The first-order valence-electron chi connectivity index (χ1n) is 5.53. The molecule has 0 amide bonds. The number of fused-ring (bicyclic) bond motifs is 1. The summed E-state index contributed by atoms with van der Waals surface area (Å²) in [5.41, 5.74) is 7.30. The van der Waals surface area contributed by atoms with E-state index in [9.17, 15) is 4.39 Å². The van der Waals surface area contributed by atoms with E-state index in [0.717, 1.165) is 16.9 Å². The third-order valence-electron chi connectivity index (χ3n) is 2.77. The number of nitrogens with zero attached hydrogens (tertiary/aromatic N) is 3. The molecule has 0 aliphatic carbocycles. The number of halogens is 1. The molecule has 0 aliphatic rings. The molecule has 2 aromatic heterocycles. The van der Waals surface area contributed by atoms with Gasteiger partial charge in [0.15, 0.2) is 0 Å². The summed E-state index contributed by atoms with van der Waals surface area (Å²) in [7, 11) is 0. The van der Waals surface area contributed by atoms with Gasteiger partial charge in [0.25, 0.3) is 0 Å². The van der Waals surface area contributed by atoms with Gasteiger partial charge in [-0.1, -0.05) is 0 Å². The smallest absolute Gasteiger partial charge is 0.201 e. The van der Waals surface area contributed by atoms with Crippen molar-refractivity contribution in [1.82, 2.24) is 14.5 Å². The highest BCUT2D eigenvalue weighted by Gasteiger charge is 2.09. The summed E-state index contributed by atoms with van der Waals surface area (Å²) >= 11 is 1.61. The Hall–Kier alpha value is -1.95. The number of imidazole rings is 1. The molecule has 0 saturated carbocycles. The van der Waals surface area contributed by atoms with Crippen molar-refractivity contribution >= 4 is 28.3 Å². The van der Waals surface area contributed by atoms with E-state index in [1.807, 2.05) is 9.95 Å². The van der Waals surface area contributed by atoms with Crippen molar-refractivity contribution in [2.24, 2.45) is 0 Å². The molecule has 3 rings (SSSR count). The number of aromatic nitrogens is 3. The van der Waals surface area contributed by atoms with Crippen molar-refractivity contribution in [3.63, 3.8) is 0 Å². The first-order chi connectivity index (χ1) is 8.74. The third kappa shape index (κ3) is 1.95. The Kier molecular flexibility index (Phi) is 2.71. The highest BCUT2D eigenvalue weighted by molar-refractivity contribution is 7.09. The predicted molar refractivity (Wildman–Crippen MR) is 69.9 cm³/mol. The Labute approximate surface area is 107 Å². The number of nitrogens with two attached hydrogens (primary N) is 1. The lowest BCUT2D eigenvalue weighted by atomic mass is 10.3. The maximum Gasteiger partial charge on any atom is 0.201 e. The molecule has 0 spiro atoms. The van der Waals surface area contributed by atoms with Crippen molar-refractivity contribution in [2.75, 3.05) is 5.73 Å². The van der Waals surface area contributed by atoms with E-state index in [1.165, 1.54) is 12.1 Å². The van der Waals surface area contributed by atoms with E-state index in [-0.39, 0.29) is 5.82 Å². The Morgan fingerprint density at radius 3 is 3.06 bits per heavy atom. The van der Waals surface area contributed by atoms with Gasteiger partial charge in [-0.15, -0.1) is 11.3 Å². The lowest BCUT2D eigenvalue weighted by molar-refractivity contribution is 0.629. The molecule has 0 bridgehead atoms. The fourth-order valence-electron chi connectivity index (χ4n) is 1.94. The molecule has 0 aliphatic heterocycles. The average Bonchev–Trinajstić information content (AvgIpc) is 2.93. The van der Waals surface area contributed by atoms with Gasteiger partial charge >= 0.3 is 0 Å². The molecule has 18 heavy (non-hydrogen) atoms. The van der Waals surface area contributed by atoms with Crippen LogP contribution < -0.4 is 5.73 Å². The van der Waals surface area contributed by atoms with Gasteiger partial charge in [0.05, 0.1) is 16.0 Å². The number of benzene rings is 1. The zero-order valence-corrected chi connectivity index (χ0v) is 10.3. The van der Waals surface area contributed by atoms with Crippen LogP contribution in [-0.2, 0) is 13.0 Å². The molecule has 0 fully saturated rings. The van der Waals surface area contributed by atoms with Crippen molar-refractivity contribution in [3.05, 3.63) is 40.6 Å². The molecular formula is C12H11FN4S. The summed E-state index contributed by atoms with van der Waals surface area (Å²) in [5.74, 6) is 0.110. The van der Waals surface area contributed by atoms with Crippen LogP contribution >= 0.6 is 11.3 Å². The van der Waals surface area contributed by atoms with E-state index in [4.69, 9.17) is 5.73 Å². The summed E-state index contributed by atoms with van der Waals surface area (Å²) in [5, 5.41) is 3.00. The van der Waals surface area contributed by atoms with E-state index in [1.54, 1.807) is 23.6 Å². The topological polar surface area (TPSA) is 56.7 Å². The van der Waals surface area contributed by atoms with Crippen molar-refractivity contribution in [3.8, 4) is 0 Å². The molecule has 0 radical (unpaired) electrons. The first kappa shape index (κ1) is 11.2. The van der Waals surface area contributed by atoms with E-state index in [0.29, 0.717) is 18.0 Å². The van der Waals surface area contributed by atoms with Crippen LogP contribution in [0.3, 0.4) is 0 Å². The normalized spacial score (nSPS) is 11.2. The van der Waals surface area contributed by atoms with Gasteiger partial charge in [-0.05, 0) is 12.1 Å². The van der Waals surface area contributed by atoms with E-state index >= 15 is 0 Å². The number of rotatable bonds is 3. The lowest BCUT2D eigenvalue weighted by Crippen LogP contribution is -2.05. The Bertz CT molecular complexity index is 675. The highest BCUT2D eigenvalue weighted by atomic mass is 32.1. The minimum atomic E-state index is -0.299. The Balaban J connectivity index is 1.93. The maximum atomic E-state index is 13.1. The molecule has 0 atom stereocenters. The van der Waals surface area contributed by atoms with Crippen LogP contribution in [0.4, 0.5) is 10.3 Å². The van der Waals surface area contributed by atoms with Crippen LogP contribution in [0.25, 0.3) is 11.0 Å². The molecule has 92 valence electrons. The minimum Gasteiger partial charge on any atom is -0.369 e. The first-order valence-corrected chi connectivity index (χ1v) is 6.41. The van der Waals surface area contributed by atoms with E-state index in [2.05, 4.69) is 9.97 Å². The predicted octanol–water partition coefficient (Wildman–Crippen LogP) is 2.46. The monoisotopic (exact) mass is 262 g/mol. The molecule has 0 saturated heterocycles. The van der Waals surface area contributed by atoms with Gasteiger partial charge in [-0.2, -0.15) is 0 Å². The zero-order valence-electron chi connectivity index (χ0n) is 9.51. The summed E-state index contributed by atoms with van der Waals surface area (Å²) < 4.78 is 15.0. The number of thiazole rings is 1. The molecule has 1 aromatic carbocycles. The second-order valence-electron chi connectivity index (χ2n) is 3.93. The molecule has 6 heteroatoms. The largest absolute Gasteiger partial charge is 0.369 e. The Morgan fingerprint density at radius 1 is 1.39 bits per heavy atom. The fourth-order valence-corrected chi connectivity index (χ4v) is 2.55. The zero-order chi connectivity index (χ0) is 12.5. The van der Waals surface area contributed by atoms with Crippen LogP contribution in [0.15, 0.2) is 29.8 Å². The maximum absolute atomic E-state index is 13.1. The number of aryl methyl sites for hydroxylation is 2. The summed E-state index contributed by atoms with van der Waals surface area (Å²) in [6.45, 7) is 0.696. The van der Waals surface area contributed by atoms with Crippen molar-refractivity contribution < 1.29 is 4.39 Å². The molecular weight excluding hydrogens is 251 g/mol. The molecule has 0 unspecified atom stereocenters. The van der Waals surface area contributed by atoms with Gasteiger partial charge in [-0.25, -0.2) is 14.4 Å². The second-order valence-corrected chi connectivity index (χ2v) is 4.91. The number of hydrogen-bond acceptors (Lipinski definition) is 4. The lowest BCUT2D eigenvalue weighted by Gasteiger charge is -2.04. The number of nitrogen functional groups attached to an aromatic ring is 1. The Morgan fingerprint density at radius 2 is 2.28 bits per heavy atom. The van der Waals surface area contributed by atoms with Crippen molar-refractivity contribution in [1.29, 1.82) is 0 Å². The number of anilines is 1. The van der Waals surface area contributed by atoms with Gasteiger partial charge in [0, 0.05) is 30.6 Å². The van der Waals surface area contributed by atoms with Crippen molar-refractivity contribution in [2.45, 2.75) is 13.0 Å². The standard InChI is InChI=1S/C12H11FN4S/c13-8-1-2-10-9(7-8)16-12(14)17(10)5-3-11-15-4-6-18-11/h1-2,4,6-7H,3,5H2,(H2,14,16). The minimum absolute atomic E-state index is 0.299. The van der Waals surface area contributed by atoms with Crippen LogP contribution in [0.1, 0.15) is 5.01 Å². The molecule has 2 heterocycles. The molecule has 3 aromatic rings. The third-order valence-corrected chi connectivity index (χ3v) is 3.61. The van der Waals surface area contributed by atoms with Gasteiger partial charge in [0.2, 0.25) is 5.95 Å². The second kappa shape index (κ2) is 4.38. The van der Waals surface area contributed by atoms with Gasteiger partial charge in [0.1, 0.15) is 5.82 Å². The average molecular weight is 262 g/mol. The van der Waals surface area contributed by atoms with Crippen LogP contribution in [-0.4, -0.2) is 14.5 Å². The number of hydrogen-bond donors (Lipinski definition) is 1. The SMILES string of the molecule is Nc1nc2cc(F)ccc2n1CCc1nccs1. The van der Waals surface area contributed by atoms with Gasteiger partial charge in [-0.3, -0.25) is 0 Å². The van der Waals surface area contributed by atoms with Crippen LogP contribution in [0.2, 0.25) is 0 Å². The summed E-state index contributed by atoms with van der Waals surface area (Å²) in [4.78, 5) is 8.38. The highest BCUT2D eigenvalue weighted by Crippen LogP contribution is 2.19. The summed E-state index contributed by atoms with van der Waals surface area (Å²) in [6, 6.07) is 4.52. The molecule has 2 N–H and O–H groups in total. The quantitative estimate of drug-likeness (QED) is 0.788. The summed E-state index contributed by atoms with van der Waals surface area (Å²) in [6.07, 6.45) is 2.58. The molecule has 4 nitrogen and oxygen atoms in total. The van der Waals surface area contributed by atoms with Gasteiger partial charge < -0.3 is 10.3 Å². The fraction of sp³-hybridized carbons (Fsp3) is 0.167. The van der Waals surface area contributed by atoms with Crippen LogP contribution in [0, 0.1) is 5.82 Å². The van der Waals surface area contributed by atoms with E-state index < -0.39 is 0 Å². The van der Waals surface area contributed by atoms with Crippen LogP contribution in [0.5, 0.6) is 0 Å².